The van der Waals surface area contributed by atoms with Gasteiger partial charge in [0.25, 0.3) is 0 Å². The molecule has 20 heavy (non-hydrogen) atoms. The second-order valence-electron chi connectivity index (χ2n) is 5.67. The number of thiazole rings is 1. The third kappa shape index (κ3) is 2.77. The molecule has 3 aromatic rings. The topological polar surface area (TPSA) is 50.7 Å². The minimum atomic E-state index is 0.0179. The maximum absolute atomic E-state index is 4.51. The fourth-order valence-corrected chi connectivity index (χ4v) is 3.93. The second kappa shape index (κ2) is 5.28. The van der Waals surface area contributed by atoms with Gasteiger partial charge in [0.05, 0.1) is 0 Å². The number of benzene rings is 1. The zero-order valence-corrected chi connectivity index (χ0v) is 14.2. The van der Waals surface area contributed by atoms with Crippen LogP contribution in [-0.4, -0.2) is 27.9 Å². The van der Waals surface area contributed by atoms with Gasteiger partial charge in [0.15, 0.2) is 0 Å². The fraction of sp³-hybridized carbons (Fsp3) is 0.357. The van der Waals surface area contributed by atoms with E-state index in [0.717, 1.165) is 23.3 Å². The Bertz CT molecular complexity index is 726. The molecule has 1 aromatic carbocycles. The van der Waals surface area contributed by atoms with Crippen LogP contribution < -0.4 is 5.32 Å². The van der Waals surface area contributed by atoms with E-state index < -0.39 is 0 Å². The first-order valence-corrected chi connectivity index (χ1v) is 8.79. The predicted molar refractivity (Wildman–Crippen MR) is 84.6 cm³/mol. The zero-order chi connectivity index (χ0) is 14.2. The average Bonchev–Trinajstić information content (AvgIpc) is 3.04. The Hall–Kier alpha value is -1.23. The summed E-state index contributed by atoms with van der Waals surface area (Å²) in [6.07, 6.45) is 1.97. The van der Waals surface area contributed by atoms with Crippen molar-refractivity contribution in [3.63, 3.8) is 0 Å². The Balaban J connectivity index is 1.76. The van der Waals surface area contributed by atoms with Crippen molar-refractivity contribution in [1.29, 1.82) is 0 Å². The number of rotatable bonds is 3. The van der Waals surface area contributed by atoms with Gasteiger partial charge in [-0.25, -0.2) is 0 Å². The van der Waals surface area contributed by atoms with Gasteiger partial charge in [0.2, 0.25) is 0 Å². The molecule has 0 aliphatic rings. The van der Waals surface area contributed by atoms with Gasteiger partial charge in [-0.3, -0.25) is 0 Å². The first-order chi connectivity index (χ1) is 9.54. The zero-order valence-electron chi connectivity index (χ0n) is 11.7. The number of hydrogen-bond acceptors (Lipinski definition) is 5. The molecule has 0 fully saturated rings. The van der Waals surface area contributed by atoms with Crippen LogP contribution in [0, 0.1) is 0 Å². The van der Waals surface area contributed by atoms with E-state index in [1.54, 1.807) is 11.3 Å². The van der Waals surface area contributed by atoms with E-state index in [1.165, 1.54) is 9.88 Å². The number of anilines is 1. The van der Waals surface area contributed by atoms with E-state index in [4.69, 9.17) is 0 Å². The van der Waals surface area contributed by atoms with Gasteiger partial charge in [0, 0.05) is 0 Å². The Morgan fingerprint density at radius 2 is 2.10 bits per heavy atom. The van der Waals surface area contributed by atoms with Crippen molar-refractivity contribution in [3.05, 3.63) is 34.3 Å². The van der Waals surface area contributed by atoms with Gasteiger partial charge in [0.1, 0.15) is 0 Å². The summed E-state index contributed by atoms with van der Waals surface area (Å²) in [5.74, 6) is 0. The molecule has 0 aliphatic heterocycles. The van der Waals surface area contributed by atoms with Crippen LogP contribution >= 0.6 is 11.3 Å². The molecule has 1 N–H and O–H groups in total. The van der Waals surface area contributed by atoms with Crippen LogP contribution in [0.3, 0.4) is 0 Å². The fourth-order valence-electron chi connectivity index (χ4n) is 1.87. The van der Waals surface area contributed by atoms with Crippen LogP contribution in [0.2, 0.25) is 0 Å². The predicted octanol–water partition coefficient (Wildman–Crippen LogP) is 3.05. The van der Waals surface area contributed by atoms with Crippen LogP contribution in [0.25, 0.3) is 11.0 Å². The van der Waals surface area contributed by atoms with Gasteiger partial charge in [-0.15, -0.1) is 0 Å². The standard InChI is InChI=1S/C14H16N4SSe/c1-14(2,3)13-16-8-9(19-13)7-15-10-5-4-6-11-12(10)18-20-17-11/h4-6,8,15H,7H2,1-3H3. The quantitative estimate of drug-likeness (QED) is 0.737. The number of aromatic nitrogens is 3. The molecular formula is C14H16N4SSe. The number of hydrogen-bond donors (Lipinski definition) is 1. The molecule has 4 nitrogen and oxygen atoms in total. The van der Waals surface area contributed by atoms with Crippen molar-refractivity contribution < 1.29 is 0 Å². The maximum atomic E-state index is 4.51. The van der Waals surface area contributed by atoms with E-state index in [-0.39, 0.29) is 20.4 Å². The van der Waals surface area contributed by atoms with Crippen molar-refractivity contribution in [2.75, 3.05) is 5.32 Å². The molecule has 0 bridgehead atoms. The summed E-state index contributed by atoms with van der Waals surface area (Å²) in [4.78, 5) is 5.76. The first-order valence-electron chi connectivity index (χ1n) is 6.44. The Labute approximate surface area is 128 Å². The van der Waals surface area contributed by atoms with Gasteiger partial charge in [-0.05, 0) is 0 Å². The molecule has 6 heteroatoms. The number of nitrogens with one attached hydrogen (secondary N) is 1. The molecule has 0 saturated carbocycles. The molecule has 0 amide bonds. The van der Waals surface area contributed by atoms with Crippen LogP contribution in [0.15, 0.2) is 24.4 Å². The van der Waals surface area contributed by atoms with E-state index in [0.29, 0.717) is 0 Å². The molecule has 2 heterocycles. The van der Waals surface area contributed by atoms with Crippen LogP contribution in [-0.2, 0) is 12.0 Å². The van der Waals surface area contributed by atoms with Gasteiger partial charge in [-0.2, -0.15) is 0 Å². The van der Waals surface area contributed by atoms with Gasteiger partial charge >= 0.3 is 128 Å². The molecule has 0 spiro atoms. The van der Waals surface area contributed by atoms with Crippen LogP contribution in [0.1, 0.15) is 30.7 Å². The van der Waals surface area contributed by atoms with E-state index in [1.807, 2.05) is 18.3 Å². The number of fused-ring (bicyclic) bond motifs is 1. The molecule has 104 valence electrons. The van der Waals surface area contributed by atoms with E-state index >= 15 is 0 Å². The van der Waals surface area contributed by atoms with E-state index in [9.17, 15) is 0 Å². The van der Waals surface area contributed by atoms with Crippen LogP contribution in [0.5, 0.6) is 0 Å². The molecule has 0 aliphatic carbocycles. The Morgan fingerprint density at radius 1 is 1.25 bits per heavy atom. The number of nitrogens with zero attached hydrogens (tertiary/aromatic N) is 3. The molecule has 0 saturated heterocycles. The Morgan fingerprint density at radius 3 is 2.85 bits per heavy atom. The first kappa shape index (κ1) is 13.7. The molecular weight excluding hydrogens is 335 g/mol. The van der Waals surface area contributed by atoms with Crippen molar-refractivity contribution in [1.82, 2.24) is 12.9 Å². The van der Waals surface area contributed by atoms with Crippen molar-refractivity contribution in [2.45, 2.75) is 32.7 Å². The molecule has 2 aromatic heterocycles. The average molecular weight is 351 g/mol. The summed E-state index contributed by atoms with van der Waals surface area (Å²) < 4.78 is 8.87. The van der Waals surface area contributed by atoms with Crippen LogP contribution in [0.4, 0.5) is 5.69 Å². The van der Waals surface area contributed by atoms with E-state index in [2.05, 4.69) is 45.1 Å². The summed E-state index contributed by atoms with van der Waals surface area (Å²) in [7, 11) is 0. The summed E-state index contributed by atoms with van der Waals surface area (Å²) in [5.41, 5.74) is 3.20. The summed E-state index contributed by atoms with van der Waals surface area (Å²) >= 11 is 1.79. The monoisotopic (exact) mass is 352 g/mol. The second-order valence-corrected chi connectivity index (χ2v) is 7.90. The molecule has 0 unspecified atom stereocenters. The molecule has 0 atom stereocenters. The third-order valence-electron chi connectivity index (χ3n) is 2.93. The normalized spacial score (nSPS) is 11.9. The summed E-state index contributed by atoms with van der Waals surface area (Å²) in [5, 5.41) is 4.63. The third-order valence-corrected chi connectivity index (χ3v) is 5.50. The SMILES string of the molecule is CC(C)(C)c1ncc(CNc2cccc3n[se]nc23)s1. The molecule has 3 rings (SSSR count). The summed E-state index contributed by atoms with van der Waals surface area (Å²) in [6, 6.07) is 6.10. The minimum absolute atomic E-state index is 0.0179. The van der Waals surface area contributed by atoms with Gasteiger partial charge in [-0.1, -0.05) is 0 Å². The van der Waals surface area contributed by atoms with Crippen molar-refractivity contribution >= 4 is 43.0 Å². The van der Waals surface area contributed by atoms with Crippen molar-refractivity contribution in [3.8, 4) is 0 Å². The summed E-state index contributed by atoms with van der Waals surface area (Å²) in [6.45, 7) is 7.35. The molecule has 0 radical (unpaired) electrons. The van der Waals surface area contributed by atoms with Gasteiger partial charge < -0.3 is 0 Å². The van der Waals surface area contributed by atoms with Crippen molar-refractivity contribution in [2.24, 2.45) is 0 Å². The Kier molecular flexibility index (Phi) is 3.63.